The summed E-state index contributed by atoms with van der Waals surface area (Å²) in [6, 6.07) is 14.7. The first-order chi connectivity index (χ1) is 11.0. The first-order valence-corrected chi connectivity index (χ1v) is 7.31. The summed E-state index contributed by atoms with van der Waals surface area (Å²) in [7, 11) is 0. The highest BCUT2D eigenvalue weighted by atomic mass is 79.9. The summed E-state index contributed by atoms with van der Waals surface area (Å²) in [4.78, 5) is 22.9. The molecule has 0 heterocycles. The topological polar surface area (TPSA) is 90.2 Å². The molecule has 0 radical (unpaired) electrons. The lowest BCUT2D eigenvalue weighted by Crippen LogP contribution is -2.13. The van der Waals surface area contributed by atoms with Crippen LogP contribution in [0.3, 0.4) is 0 Å². The SMILES string of the molecule is N#CC(=Cc1cccc(Br)c1)C(=O)Nc1ccc(C(=O)O)cc1. The zero-order chi connectivity index (χ0) is 16.8. The first-order valence-electron chi connectivity index (χ1n) is 6.51. The second-order valence-electron chi connectivity index (χ2n) is 4.56. The Morgan fingerprint density at radius 3 is 2.43 bits per heavy atom. The quantitative estimate of drug-likeness (QED) is 0.634. The molecule has 114 valence electrons. The van der Waals surface area contributed by atoms with E-state index in [1.807, 2.05) is 12.1 Å². The number of carboxylic acids is 1. The number of nitrogens with one attached hydrogen (secondary N) is 1. The van der Waals surface area contributed by atoms with Crippen LogP contribution in [0.25, 0.3) is 6.08 Å². The van der Waals surface area contributed by atoms with Crippen LogP contribution < -0.4 is 5.32 Å². The molecule has 6 heteroatoms. The van der Waals surface area contributed by atoms with Gasteiger partial charge in [-0.3, -0.25) is 4.79 Å². The summed E-state index contributed by atoms with van der Waals surface area (Å²) < 4.78 is 0.841. The average molecular weight is 371 g/mol. The molecule has 0 spiro atoms. The maximum Gasteiger partial charge on any atom is 0.335 e. The van der Waals surface area contributed by atoms with Gasteiger partial charge in [0.05, 0.1) is 5.56 Å². The second kappa shape index (κ2) is 7.38. The van der Waals surface area contributed by atoms with Crippen LogP contribution in [0.2, 0.25) is 0 Å². The lowest BCUT2D eigenvalue weighted by molar-refractivity contribution is -0.112. The number of carbonyl (C=O) groups excluding carboxylic acids is 1. The Bertz CT molecular complexity index is 820. The van der Waals surface area contributed by atoms with Gasteiger partial charge in [-0.1, -0.05) is 28.1 Å². The summed E-state index contributed by atoms with van der Waals surface area (Å²) in [5.74, 6) is -1.61. The van der Waals surface area contributed by atoms with Gasteiger partial charge in [-0.05, 0) is 48.0 Å². The Balaban J connectivity index is 2.17. The van der Waals surface area contributed by atoms with Crippen LogP contribution in [0.5, 0.6) is 0 Å². The average Bonchev–Trinajstić information content (AvgIpc) is 2.53. The van der Waals surface area contributed by atoms with Gasteiger partial charge < -0.3 is 10.4 Å². The van der Waals surface area contributed by atoms with Crippen LogP contribution >= 0.6 is 15.9 Å². The van der Waals surface area contributed by atoms with Crippen molar-refractivity contribution in [2.75, 3.05) is 5.32 Å². The van der Waals surface area contributed by atoms with Crippen molar-refractivity contribution in [1.29, 1.82) is 5.26 Å². The van der Waals surface area contributed by atoms with Gasteiger partial charge in [-0.25, -0.2) is 4.79 Å². The van der Waals surface area contributed by atoms with Crippen LogP contribution in [-0.2, 0) is 4.79 Å². The minimum Gasteiger partial charge on any atom is -0.478 e. The lowest BCUT2D eigenvalue weighted by atomic mass is 10.1. The highest BCUT2D eigenvalue weighted by molar-refractivity contribution is 9.10. The predicted molar refractivity (Wildman–Crippen MR) is 89.8 cm³/mol. The number of nitriles is 1. The van der Waals surface area contributed by atoms with Gasteiger partial charge in [0.2, 0.25) is 0 Å². The zero-order valence-corrected chi connectivity index (χ0v) is 13.4. The third-order valence-electron chi connectivity index (χ3n) is 2.91. The van der Waals surface area contributed by atoms with E-state index >= 15 is 0 Å². The Labute approximate surface area is 141 Å². The van der Waals surface area contributed by atoms with Crippen molar-refractivity contribution >= 4 is 39.6 Å². The Kier molecular flexibility index (Phi) is 5.28. The molecule has 5 nitrogen and oxygen atoms in total. The molecule has 2 N–H and O–H groups in total. The molecule has 2 rings (SSSR count). The van der Waals surface area contributed by atoms with Gasteiger partial charge in [0.15, 0.2) is 0 Å². The number of rotatable bonds is 4. The third kappa shape index (κ3) is 4.53. The van der Waals surface area contributed by atoms with Crippen LogP contribution in [0.15, 0.2) is 58.6 Å². The standard InChI is InChI=1S/C17H11BrN2O3/c18-14-3-1-2-11(9-14)8-13(10-19)16(21)20-15-6-4-12(5-7-15)17(22)23/h1-9H,(H,20,21)(H,22,23). The Hall–Kier alpha value is -2.91. The highest BCUT2D eigenvalue weighted by Gasteiger charge is 2.10. The summed E-state index contributed by atoms with van der Waals surface area (Å²) in [5.41, 5.74) is 1.20. The third-order valence-corrected chi connectivity index (χ3v) is 3.41. The molecule has 0 aliphatic carbocycles. The van der Waals surface area contributed by atoms with Crippen molar-refractivity contribution in [2.24, 2.45) is 0 Å². The predicted octanol–water partition coefficient (Wildman–Crippen LogP) is 3.69. The highest BCUT2D eigenvalue weighted by Crippen LogP contribution is 2.16. The normalized spacial score (nSPS) is 10.7. The van der Waals surface area contributed by atoms with E-state index in [1.54, 1.807) is 18.2 Å². The van der Waals surface area contributed by atoms with Gasteiger partial charge in [-0.2, -0.15) is 5.26 Å². The van der Waals surface area contributed by atoms with E-state index < -0.39 is 11.9 Å². The van der Waals surface area contributed by atoms with Gasteiger partial charge in [0, 0.05) is 10.2 Å². The minimum atomic E-state index is -1.05. The largest absolute Gasteiger partial charge is 0.478 e. The van der Waals surface area contributed by atoms with Crippen LogP contribution in [0.1, 0.15) is 15.9 Å². The Morgan fingerprint density at radius 1 is 1.17 bits per heavy atom. The van der Waals surface area contributed by atoms with Crippen LogP contribution in [0, 0.1) is 11.3 Å². The molecule has 0 bridgehead atoms. The first kappa shape index (κ1) is 16.5. The van der Waals surface area contributed by atoms with Gasteiger partial charge in [0.25, 0.3) is 5.91 Å². The van der Waals surface area contributed by atoms with Crippen molar-refractivity contribution in [3.63, 3.8) is 0 Å². The minimum absolute atomic E-state index is 0.0505. The number of aromatic carboxylic acids is 1. The van der Waals surface area contributed by atoms with E-state index in [9.17, 15) is 9.59 Å². The van der Waals surface area contributed by atoms with Crippen molar-refractivity contribution in [1.82, 2.24) is 0 Å². The number of carbonyl (C=O) groups is 2. The fraction of sp³-hybridized carbons (Fsp3) is 0. The molecule has 2 aromatic carbocycles. The number of hydrogen-bond acceptors (Lipinski definition) is 3. The van der Waals surface area contributed by atoms with Gasteiger partial charge in [-0.15, -0.1) is 0 Å². The molecule has 1 amide bonds. The molecule has 0 aliphatic heterocycles. The number of amides is 1. The summed E-state index contributed by atoms with van der Waals surface area (Å²) >= 11 is 3.32. The summed E-state index contributed by atoms with van der Waals surface area (Å²) in [5, 5.41) is 20.5. The summed E-state index contributed by atoms with van der Waals surface area (Å²) in [6.07, 6.45) is 1.48. The number of benzene rings is 2. The lowest BCUT2D eigenvalue weighted by Gasteiger charge is -2.05. The second-order valence-corrected chi connectivity index (χ2v) is 5.48. The maximum atomic E-state index is 12.1. The molecule has 2 aromatic rings. The molecule has 0 saturated carbocycles. The smallest absolute Gasteiger partial charge is 0.335 e. The van der Waals surface area contributed by atoms with E-state index in [-0.39, 0.29) is 11.1 Å². The van der Waals surface area contributed by atoms with Crippen LogP contribution in [-0.4, -0.2) is 17.0 Å². The number of anilines is 1. The molecule has 0 unspecified atom stereocenters. The van der Waals surface area contributed by atoms with E-state index in [4.69, 9.17) is 10.4 Å². The van der Waals surface area contributed by atoms with E-state index in [2.05, 4.69) is 21.2 Å². The monoisotopic (exact) mass is 370 g/mol. The molecule has 0 aliphatic rings. The zero-order valence-electron chi connectivity index (χ0n) is 11.8. The molecule has 0 fully saturated rings. The number of hydrogen-bond donors (Lipinski definition) is 2. The van der Waals surface area contributed by atoms with E-state index in [0.29, 0.717) is 11.3 Å². The molecule has 0 atom stereocenters. The fourth-order valence-corrected chi connectivity index (χ4v) is 2.22. The van der Waals surface area contributed by atoms with Crippen LogP contribution in [0.4, 0.5) is 5.69 Å². The van der Waals surface area contributed by atoms with Crippen molar-refractivity contribution in [2.45, 2.75) is 0 Å². The molecular formula is C17H11BrN2O3. The van der Waals surface area contributed by atoms with E-state index in [0.717, 1.165) is 4.47 Å². The van der Waals surface area contributed by atoms with Crippen molar-refractivity contribution in [3.8, 4) is 6.07 Å². The number of carboxylic acid groups (broad SMARTS) is 1. The fourth-order valence-electron chi connectivity index (χ4n) is 1.81. The Morgan fingerprint density at radius 2 is 1.87 bits per heavy atom. The van der Waals surface area contributed by atoms with Crippen molar-refractivity contribution in [3.05, 3.63) is 69.7 Å². The maximum absolute atomic E-state index is 12.1. The van der Waals surface area contributed by atoms with Gasteiger partial charge >= 0.3 is 5.97 Å². The van der Waals surface area contributed by atoms with Crippen molar-refractivity contribution < 1.29 is 14.7 Å². The van der Waals surface area contributed by atoms with E-state index in [1.165, 1.54) is 30.3 Å². The molecule has 23 heavy (non-hydrogen) atoms. The summed E-state index contributed by atoms with van der Waals surface area (Å²) in [6.45, 7) is 0. The van der Waals surface area contributed by atoms with Gasteiger partial charge in [0.1, 0.15) is 11.6 Å². The molecule has 0 aromatic heterocycles. The number of nitrogens with zero attached hydrogens (tertiary/aromatic N) is 1. The molecular weight excluding hydrogens is 360 g/mol. The number of halogens is 1. The molecule has 0 saturated heterocycles.